The number of hydrogen-bond donors (Lipinski definition) is 1. The first-order valence-electron chi connectivity index (χ1n) is 6.17. The van der Waals surface area contributed by atoms with Gasteiger partial charge in [0.15, 0.2) is 0 Å². The van der Waals surface area contributed by atoms with Gasteiger partial charge in [-0.3, -0.25) is 0 Å². The van der Waals surface area contributed by atoms with Crippen LogP contribution in [0.5, 0.6) is 0 Å². The molecule has 2 aromatic heterocycles. The summed E-state index contributed by atoms with van der Waals surface area (Å²) in [6.45, 7) is 2.06. The molecule has 0 saturated heterocycles. The second kappa shape index (κ2) is 4.52. The first kappa shape index (κ1) is 11.9. The van der Waals surface area contributed by atoms with E-state index in [9.17, 15) is 5.11 Å². The maximum absolute atomic E-state index is 9.98. The lowest BCUT2D eigenvalue weighted by atomic mass is 9.95. The molecule has 1 aliphatic rings. The summed E-state index contributed by atoms with van der Waals surface area (Å²) in [5, 5.41) is 9.98. The Balaban J connectivity index is 2.09. The molecule has 3 rings (SSSR count). The highest BCUT2D eigenvalue weighted by molar-refractivity contribution is 9.10. The maximum atomic E-state index is 9.98. The first-order valence-corrected chi connectivity index (χ1v) is 6.97. The van der Waals surface area contributed by atoms with Crippen LogP contribution in [0.4, 0.5) is 0 Å². The summed E-state index contributed by atoms with van der Waals surface area (Å²) in [5.74, 6) is 0.922. The molecule has 94 valence electrons. The van der Waals surface area contributed by atoms with Gasteiger partial charge in [-0.2, -0.15) is 0 Å². The summed E-state index contributed by atoms with van der Waals surface area (Å²) < 4.78 is 3.12. The molecule has 1 atom stereocenters. The van der Waals surface area contributed by atoms with Gasteiger partial charge in [0.1, 0.15) is 5.82 Å². The van der Waals surface area contributed by atoms with Crippen LogP contribution >= 0.6 is 15.9 Å². The predicted octanol–water partition coefficient (Wildman–Crippen LogP) is 3.31. The molecule has 0 radical (unpaired) electrons. The normalized spacial score (nSPS) is 18.7. The fourth-order valence-corrected chi connectivity index (χ4v) is 2.75. The van der Waals surface area contributed by atoms with Crippen molar-refractivity contribution in [1.29, 1.82) is 0 Å². The third kappa shape index (κ3) is 1.89. The number of fused-ring (bicyclic) bond motifs is 1. The lowest BCUT2D eigenvalue weighted by Crippen LogP contribution is -2.11. The number of aromatic nitrogens is 2. The Labute approximate surface area is 115 Å². The van der Waals surface area contributed by atoms with Crippen molar-refractivity contribution in [2.75, 3.05) is 0 Å². The smallest absolute Gasteiger partial charge is 0.137 e. The topological polar surface area (TPSA) is 38.0 Å². The molecule has 0 fully saturated rings. The monoisotopic (exact) mass is 306 g/mol. The average molecular weight is 307 g/mol. The molecule has 0 aromatic carbocycles. The van der Waals surface area contributed by atoms with Gasteiger partial charge in [-0.1, -0.05) is 0 Å². The third-order valence-electron chi connectivity index (χ3n) is 3.56. The van der Waals surface area contributed by atoms with E-state index in [2.05, 4.69) is 38.5 Å². The van der Waals surface area contributed by atoms with Crippen molar-refractivity contribution in [3.8, 4) is 5.82 Å². The molecular weight excluding hydrogens is 292 g/mol. The van der Waals surface area contributed by atoms with Crippen LogP contribution in [0.15, 0.2) is 29.0 Å². The van der Waals surface area contributed by atoms with Crippen molar-refractivity contribution >= 4 is 15.9 Å². The van der Waals surface area contributed by atoms with Crippen LogP contribution in [0.2, 0.25) is 0 Å². The minimum Gasteiger partial charge on any atom is -0.388 e. The van der Waals surface area contributed by atoms with Crippen molar-refractivity contribution in [1.82, 2.24) is 9.55 Å². The molecule has 0 amide bonds. The van der Waals surface area contributed by atoms with Gasteiger partial charge in [-0.05, 0) is 59.8 Å². The fraction of sp³-hybridized carbons (Fsp3) is 0.357. The van der Waals surface area contributed by atoms with E-state index in [4.69, 9.17) is 0 Å². The number of nitrogens with zero attached hydrogens (tertiary/aromatic N) is 2. The van der Waals surface area contributed by atoms with E-state index in [0.717, 1.165) is 35.1 Å². The van der Waals surface area contributed by atoms with Crippen molar-refractivity contribution in [3.05, 3.63) is 45.8 Å². The average Bonchev–Trinajstić information content (AvgIpc) is 2.78. The second-order valence-corrected chi connectivity index (χ2v) is 5.64. The molecule has 3 nitrogen and oxygen atoms in total. The van der Waals surface area contributed by atoms with Crippen molar-refractivity contribution in [3.63, 3.8) is 0 Å². The zero-order chi connectivity index (χ0) is 12.7. The largest absolute Gasteiger partial charge is 0.388 e. The first-order chi connectivity index (χ1) is 8.66. The van der Waals surface area contributed by atoms with Crippen LogP contribution in [0, 0.1) is 6.92 Å². The van der Waals surface area contributed by atoms with Crippen LogP contribution in [-0.4, -0.2) is 14.7 Å². The van der Waals surface area contributed by atoms with Gasteiger partial charge in [0.2, 0.25) is 0 Å². The zero-order valence-corrected chi connectivity index (χ0v) is 11.8. The number of rotatable bonds is 1. The summed E-state index contributed by atoms with van der Waals surface area (Å²) >= 11 is 3.47. The number of aryl methyl sites for hydroxylation is 1. The molecular formula is C14H15BrN2O. The summed E-state index contributed by atoms with van der Waals surface area (Å²) in [7, 11) is 0. The Hall–Kier alpha value is -1.13. The number of hydrogen-bond acceptors (Lipinski definition) is 2. The van der Waals surface area contributed by atoms with Gasteiger partial charge in [-0.15, -0.1) is 0 Å². The zero-order valence-electron chi connectivity index (χ0n) is 10.2. The van der Waals surface area contributed by atoms with Crippen LogP contribution in [0.25, 0.3) is 5.82 Å². The van der Waals surface area contributed by atoms with E-state index in [-0.39, 0.29) is 6.10 Å². The summed E-state index contributed by atoms with van der Waals surface area (Å²) in [6, 6.07) is 4.07. The van der Waals surface area contributed by atoms with E-state index < -0.39 is 0 Å². The number of pyridine rings is 1. The fourth-order valence-electron chi connectivity index (χ4n) is 2.54. The number of aliphatic hydroxyl groups is 1. The van der Waals surface area contributed by atoms with Gasteiger partial charge in [0.05, 0.1) is 6.10 Å². The van der Waals surface area contributed by atoms with E-state index in [1.807, 2.05) is 18.5 Å². The van der Waals surface area contributed by atoms with Crippen molar-refractivity contribution < 1.29 is 5.11 Å². The molecule has 0 saturated carbocycles. The lowest BCUT2D eigenvalue weighted by molar-refractivity contribution is 0.156. The standard InChI is InChI=1S/C14H15BrN2O/c1-9-7-14(16-8-11(9)15)17-6-5-10-12(17)3-2-4-13(10)18/h5-8,13,18H,2-4H2,1H3. The Bertz CT molecular complexity index is 591. The molecule has 1 N–H and O–H groups in total. The van der Waals surface area contributed by atoms with Crippen molar-refractivity contribution in [2.45, 2.75) is 32.3 Å². The molecule has 0 spiro atoms. The molecule has 18 heavy (non-hydrogen) atoms. The van der Waals surface area contributed by atoms with E-state index in [1.165, 1.54) is 11.3 Å². The number of halogens is 1. The van der Waals surface area contributed by atoms with Gasteiger partial charge in [-0.25, -0.2) is 4.98 Å². The van der Waals surface area contributed by atoms with Crippen LogP contribution in [0.1, 0.15) is 35.8 Å². The van der Waals surface area contributed by atoms with Crippen molar-refractivity contribution in [2.24, 2.45) is 0 Å². The van der Waals surface area contributed by atoms with Gasteiger partial charge >= 0.3 is 0 Å². The summed E-state index contributed by atoms with van der Waals surface area (Å²) in [6.07, 6.45) is 6.44. The van der Waals surface area contributed by atoms with Gasteiger partial charge < -0.3 is 9.67 Å². The minimum absolute atomic E-state index is 0.313. The molecule has 4 heteroatoms. The highest BCUT2D eigenvalue weighted by Crippen LogP contribution is 2.32. The molecule has 1 unspecified atom stereocenters. The van der Waals surface area contributed by atoms with Crippen LogP contribution in [-0.2, 0) is 6.42 Å². The Morgan fingerprint density at radius 2 is 2.33 bits per heavy atom. The predicted molar refractivity (Wildman–Crippen MR) is 73.9 cm³/mol. The Kier molecular flexibility index (Phi) is 2.99. The maximum Gasteiger partial charge on any atom is 0.137 e. The SMILES string of the molecule is Cc1cc(-n2ccc3c2CCCC3O)ncc1Br. The molecule has 0 aliphatic heterocycles. The highest BCUT2D eigenvalue weighted by atomic mass is 79.9. The van der Waals surface area contributed by atoms with Gasteiger partial charge in [0.25, 0.3) is 0 Å². The minimum atomic E-state index is -0.313. The van der Waals surface area contributed by atoms with Gasteiger partial charge in [0, 0.05) is 28.1 Å². The Morgan fingerprint density at radius 1 is 1.50 bits per heavy atom. The van der Waals surface area contributed by atoms with E-state index in [1.54, 1.807) is 0 Å². The lowest BCUT2D eigenvalue weighted by Gasteiger charge is -2.20. The van der Waals surface area contributed by atoms with Crippen LogP contribution < -0.4 is 0 Å². The summed E-state index contributed by atoms with van der Waals surface area (Å²) in [5.41, 5.74) is 3.42. The van der Waals surface area contributed by atoms with Crippen LogP contribution in [0.3, 0.4) is 0 Å². The quantitative estimate of drug-likeness (QED) is 0.878. The Morgan fingerprint density at radius 3 is 3.11 bits per heavy atom. The molecule has 2 heterocycles. The second-order valence-electron chi connectivity index (χ2n) is 4.79. The number of aliphatic hydroxyl groups excluding tert-OH is 1. The molecule has 2 aromatic rings. The molecule has 0 bridgehead atoms. The van der Waals surface area contributed by atoms with E-state index >= 15 is 0 Å². The highest BCUT2D eigenvalue weighted by Gasteiger charge is 2.21. The van der Waals surface area contributed by atoms with E-state index in [0.29, 0.717) is 0 Å². The third-order valence-corrected chi connectivity index (χ3v) is 4.39. The summed E-state index contributed by atoms with van der Waals surface area (Å²) in [4.78, 5) is 4.45. The molecule has 1 aliphatic carbocycles.